The van der Waals surface area contributed by atoms with Crippen molar-refractivity contribution in [3.63, 3.8) is 0 Å². The summed E-state index contributed by atoms with van der Waals surface area (Å²) in [5, 5.41) is 23.9. The van der Waals surface area contributed by atoms with E-state index < -0.39 is 0 Å². The van der Waals surface area contributed by atoms with Gasteiger partial charge in [0.25, 0.3) is 0 Å². The monoisotopic (exact) mass is 1350 g/mol. The van der Waals surface area contributed by atoms with Gasteiger partial charge < -0.3 is 15.7 Å². The molecule has 7 N–H and O–H groups in total. The number of nitrogen functional groups attached to an aromatic ring is 1. The van der Waals surface area contributed by atoms with Gasteiger partial charge in [0.05, 0.1) is 30.0 Å². The maximum absolute atomic E-state index is 5.43. The Balaban J connectivity index is -0.000000334. The largest absolute Gasteiger partial charge is 0.368 e. The van der Waals surface area contributed by atoms with Gasteiger partial charge >= 0.3 is 0 Å². The van der Waals surface area contributed by atoms with Gasteiger partial charge in [-0.05, 0) is 134 Å². The van der Waals surface area contributed by atoms with Gasteiger partial charge in [-0.15, -0.1) is 0 Å². The second kappa shape index (κ2) is 41.1. The van der Waals surface area contributed by atoms with Crippen molar-refractivity contribution in [2.75, 3.05) is 5.73 Å². The quantitative estimate of drug-likeness (QED) is 0.0830. The zero-order valence-corrected chi connectivity index (χ0v) is 59.2. The molecule has 0 amide bonds. The number of hydrogen-bond acceptors (Lipinski definition) is 12. The first kappa shape index (κ1) is 98.2. The van der Waals surface area contributed by atoms with E-state index in [0.717, 1.165) is 39.1 Å². The van der Waals surface area contributed by atoms with Gasteiger partial charge in [-0.3, -0.25) is 20.3 Å². The van der Waals surface area contributed by atoms with Crippen molar-refractivity contribution in [2.24, 2.45) is 0 Å². The van der Waals surface area contributed by atoms with Crippen LogP contribution in [0.25, 0.3) is 33.1 Å². The summed E-state index contributed by atoms with van der Waals surface area (Å²) < 4.78 is 0. The molecule has 0 saturated carbocycles. The number of hydrogen-bond donors (Lipinski definition) is 6. The van der Waals surface area contributed by atoms with Crippen LogP contribution in [0, 0.1) is 13.8 Å². The first-order chi connectivity index (χ1) is 41.5. The lowest BCUT2D eigenvalue weighted by molar-refractivity contribution is 0.568. The van der Waals surface area contributed by atoms with E-state index in [0.29, 0.717) is 5.95 Å². The number of nitrogens with one attached hydrogen (secondary N) is 5. The molecule has 0 fully saturated rings. The number of aromatic nitrogens is 16. The van der Waals surface area contributed by atoms with E-state index in [-0.39, 0.29) is 103 Å². The molecule has 0 atom stereocenters. The lowest BCUT2D eigenvalue weighted by Gasteiger charge is -2.20. The summed E-state index contributed by atoms with van der Waals surface area (Å²) >= 11 is 0. The second-order valence-corrected chi connectivity index (χ2v) is 30.6. The Hall–Kier alpha value is -8.47. The van der Waals surface area contributed by atoms with Gasteiger partial charge in [0.2, 0.25) is 5.95 Å². The van der Waals surface area contributed by atoms with Crippen molar-refractivity contribution in [1.82, 2.24) is 80.4 Å². The van der Waals surface area contributed by atoms with Crippen LogP contribution in [0.2, 0.25) is 0 Å². The summed E-state index contributed by atoms with van der Waals surface area (Å²) in [6.07, 6.45) is 23.9. The number of rotatable bonds is 0. The molecule has 17 nitrogen and oxygen atoms in total. The molecular weight excluding hydrogens is 1210 g/mol. The average Bonchev–Trinajstić information content (AvgIpc) is 1.29. The molecular formula is C81H139N17. The summed E-state index contributed by atoms with van der Waals surface area (Å²) in [6.45, 7) is 56.3. The molecule has 0 aliphatic carbocycles. The molecule has 0 radical (unpaired) electrons. The molecule has 0 aromatic carbocycles. The zero-order valence-electron chi connectivity index (χ0n) is 59.2. The van der Waals surface area contributed by atoms with Crippen LogP contribution in [-0.2, 0) is 43.3 Å². The molecule has 0 aliphatic rings. The molecule has 548 valence electrons. The Bertz CT molecular complexity index is 3710. The van der Waals surface area contributed by atoms with Gasteiger partial charge in [-0.25, -0.2) is 34.9 Å². The predicted molar refractivity (Wildman–Crippen MR) is 429 cm³/mol. The van der Waals surface area contributed by atoms with Crippen LogP contribution >= 0.6 is 0 Å². The predicted octanol–water partition coefficient (Wildman–Crippen LogP) is 22.6. The van der Waals surface area contributed by atoms with Crippen LogP contribution in [0.15, 0.2) is 135 Å². The summed E-state index contributed by atoms with van der Waals surface area (Å²) in [4.78, 5) is 39.3. The van der Waals surface area contributed by atoms with Gasteiger partial charge in [0, 0.05) is 94.1 Å². The van der Waals surface area contributed by atoms with Crippen molar-refractivity contribution in [3.05, 3.63) is 191 Å². The van der Waals surface area contributed by atoms with Crippen LogP contribution in [0.3, 0.4) is 0 Å². The molecule has 11 heterocycles. The second-order valence-electron chi connectivity index (χ2n) is 30.6. The fourth-order valence-corrected chi connectivity index (χ4v) is 9.24. The van der Waals surface area contributed by atoms with Crippen LogP contribution in [-0.4, -0.2) is 80.4 Å². The van der Waals surface area contributed by atoms with Crippen molar-refractivity contribution < 1.29 is 0 Å². The third-order valence-corrected chi connectivity index (χ3v) is 14.3. The molecule has 17 heteroatoms. The highest BCUT2D eigenvalue weighted by molar-refractivity contribution is 5.81. The minimum atomic E-state index is 0. The maximum Gasteiger partial charge on any atom is 0.220 e. The Morgan fingerprint density at radius 2 is 0.796 bits per heavy atom. The molecule has 0 spiro atoms. The van der Waals surface area contributed by atoms with E-state index in [1.54, 1.807) is 18.7 Å². The third kappa shape index (κ3) is 30.9. The van der Waals surface area contributed by atoms with Crippen molar-refractivity contribution in [2.45, 2.75) is 283 Å². The number of nitrogens with zero attached hydrogens (tertiary/aromatic N) is 11. The van der Waals surface area contributed by atoms with E-state index >= 15 is 0 Å². The lowest BCUT2D eigenvalue weighted by Crippen LogP contribution is -2.14. The first-order valence-electron chi connectivity index (χ1n) is 30.9. The number of nitrogens with two attached hydrogens (primary N) is 1. The number of aromatic amines is 5. The normalized spacial score (nSPS) is 11.0. The van der Waals surface area contributed by atoms with Gasteiger partial charge in [0.15, 0.2) is 5.65 Å². The molecule has 11 aromatic rings. The highest BCUT2D eigenvalue weighted by Crippen LogP contribution is 2.31. The highest BCUT2D eigenvalue weighted by Gasteiger charge is 2.22. The minimum Gasteiger partial charge on any atom is -0.368 e. The average molecular weight is 1350 g/mol. The fraction of sp³-hybridized carbons (Fsp3) is 0.519. The Morgan fingerprint density at radius 3 is 1.16 bits per heavy atom. The zero-order chi connectivity index (χ0) is 67.7. The molecule has 0 bridgehead atoms. The number of H-pyrrole nitrogens is 5. The van der Waals surface area contributed by atoms with Crippen molar-refractivity contribution in [1.29, 1.82) is 0 Å². The van der Waals surface area contributed by atoms with Crippen molar-refractivity contribution >= 4 is 39.0 Å². The SMILES string of the molecule is C.C.C.C.C.C.C.C.CC(C)(C)c1ccnc(N)n1.CC(C)(C)c1ccnc2[nH]ccc12.CC(C)(C)c1ccnc2ncccc12.CC(C)(C)c1ccncc1.CC(C)(C)c1cn[nH]c1.CC(C)(C)c1ncnc2[nH]ccc12.Cc1[nH]ncc1C(C)(C)C.Cc1[nH]ncc1C(C)(C)C. The maximum atomic E-state index is 5.43. The number of pyridine rings is 4. The van der Waals surface area contributed by atoms with Crippen molar-refractivity contribution in [3.8, 4) is 0 Å². The van der Waals surface area contributed by atoms with E-state index in [2.05, 4.69) is 283 Å². The topological polar surface area (TPSA) is 247 Å². The third-order valence-electron chi connectivity index (χ3n) is 14.3. The van der Waals surface area contributed by atoms with Gasteiger partial charge in [-0.1, -0.05) is 226 Å². The van der Waals surface area contributed by atoms with E-state index in [9.17, 15) is 0 Å². The molecule has 0 saturated heterocycles. The smallest absolute Gasteiger partial charge is 0.220 e. The molecule has 0 unspecified atom stereocenters. The van der Waals surface area contributed by atoms with Crippen LogP contribution < -0.4 is 5.73 Å². The minimum absolute atomic E-state index is 0. The van der Waals surface area contributed by atoms with Gasteiger partial charge in [0.1, 0.15) is 17.6 Å². The Morgan fingerprint density at radius 1 is 0.357 bits per heavy atom. The standard InChI is InChI=1S/C12H14N2.C11H14N2.C10H13N3.C9H13N.C8H13N3.2C8H14N2.C7H12N2.8CH4/c1-12(2,3)10-6-8-14-11-9(10)5-4-7-13-11;1-11(2,3)9-5-7-13-10-8(9)4-6-12-10;1-10(2,3)8-7-4-5-11-9(7)13-6-12-8;1-9(2,3)8-4-6-10-7-5-8;1-8(2,3)6-4-5-10-7(9)11-6;2*1-6-7(5-9-10-6)8(2,3)4;1-7(2,3)6-4-8-9-5-6;;;;;;;;/h4-8H,1-3H3;4-7H,1-3H3,(H,12,13);4-6H,1-3H3,(H,11,12,13);4-7H,1-3H3;4-5H,1-3H3,(H2,9,10,11);2*5H,1-4H3,(H,9,10);4-5H,1-3H3,(H,8,9);8*1H4. The lowest BCUT2D eigenvalue weighted by atomic mass is 9.85. The van der Waals surface area contributed by atoms with Crippen LogP contribution in [0.5, 0.6) is 0 Å². The number of fused-ring (bicyclic) bond motifs is 3. The Kier molecular flexibility index (Phi) is 41.1. The van der Waals surface area contributed by atoms with E-state index in [1.807, 2.05) is 94.0 Å². The molecule has 0 aliphatic heterocycles. The van der Waals surface area contributed by atoms with Gasteiger partial charge in [-0.2, -0.15) is 15.3 Å². The summed E-state index contributed by atoms with van der Waals surface area (Å²) in [6, 6.07) is 18.3. The highest BCUT2D eigenvalue weighted by atomic mass is 15.1. The van der Waals surface area contributed by atoms with Crippen LogP contribution in [0.4, 0.5) is 5.95 Å². The summed E-state index contributed by atoms with van der Waals surface area (Å²) in [5.41, 5.74) is 21.8. The molecule has 11 rings (SSSR count). The Labute approximate surface area is 596 Å². The first-order valence-corrected chi connectivity index (χ1v) is 30.9. The van der Waals surface area contributed by atoms with E-state index in [1.165, 1.54) is 50.2 Å². The molecule has 98 heavy (non-hydrogen) atoms. The summed E-state index contributed by atoms with van der Waals surface area (Å²) in [7, 11) is 0. The van der Waals surface area contributed by atoms with E-state index in [4.69, 9.17) is 5.73 Å². The summed E-state index contributed by atoms with van der Waals surface area (Å²) in [5.74, 6) is 0.345. The fourth-order valence-electron chi connectivity index (χ4n) is 9.24. The van der Waals surface area contributed by atoms with Crippen LogP contribution in [0.1, 0.15) is 282 Å². The number of aryl methyl sites for hydroxylation is 2. The molecule has 11 aromatic heterocycles. The number of anilines is 1.